The van der Waals surface area contributed by atoms with E-state index in [1.54, 1.807) is 6.20 Å². The molecule has 0 saturated heterocycles. The highest BCUT2D eigenvalue weighted by Gasteiger charge is 1.98. The average molecular weight is 171 g/mol. The van der Waals surface area contributed by atoms with E-state index in [2.05, 4.69) is 22.5 Å². The molecule has 3 N–H and O–H groups in total. The second-order valence-corrected chi connectivity index (χ2v) is 2.52. The van der Waals surface area contributed by atoms with Gasteiger partial charge in [0.15, 0.2) is 5.11 Å². The minimum atomic E-state index is 0.251. The maximum absolute atomic E-state index is 5.20. The molecule has 0 saturated carbocycles. The van der Waals surface area contributed by atoms with Gasteiger partial charge in [0.05, 0.1) is 12.7 Å². The first-order valence-electron chi connectivity index (χ1n) is 3.13. The van der Waals surface area contributed by atoms with E-state index in [0.717, 1.165) is 5.76 Å². The van der Waals surface area contributed by atoms with Gasteiger partial charge < -0.3 is 15.5 Å². The first-order chi connectivity index (χ1) is 5.18. The Hall–Kier alpha value is -1.10. The molecule has 0 aliphatic heterocycles. The monoisotopic (exact) mass is 171 g/mol. The summed E-state index contributed by atoms with van der Waals surface area (Å²) in [5, 5.41) is 2.98. The van der Waals surface area contributed by atoms with Crippen LogP contribution in [0.4, 0.5) is 0 Å². The number of hydrogen-bond donors (Lipinski definition) is 2. The maximum Gasteiger partial charge on any atom is 0.213 e. The fourth-order valence-electron chi connectivity index (χ4n) is 0.646. The van der Waals surface area contributed by atoms with Crippen molar-refractivity contribution in [2.75, 3.05) is 0 Å². The number of thiocarbonyl (C=S) groups is 1. The zero-order chi connectivity index (χ0) is 8.27. The van der Waals surface area contributed by atoms with Gasteiger partial charge in [-0.1, -0.05) is 0 Å². The molecule has 0 spiro atoms. The van der Waals surface area contributed by atoms with Crippen molar-refractivity contribution in [1.82, 2.24) is 10.3 Å². The molecular formula is C6H9N3OS. The van der Waals surface area contributed by atoms with Crippen molar-refractivity contribution in [3.63, 3.8) is 0 Å². The summed E-state index contributed by atoms with van der Waals surface area (Å²) in [6.45, 7) is 2.28. The molecule has 11 heavy (non-hydrogen) atoms. The van der Waals surface area contributed by atoms with Crippen molar-refractivity contribution in [2.24, 2.45) is 5.73 Å². The number of aryl methyl sites for hydroxylation is 1. The van der Waals surface area contributed by atoms with Crippen LogP contribution in [0.1, 0.15) is 11.7 Å². The van der Waals surface area contributed by atoms with Crippen molar-refractivity contribution >= 4 is 17.3 Å². The molecule has 0 unspecified atom stereocenters. The fraction of sp³-hybridized carbons (Fsp3) is 0.333. The normalized spacial score (nSPS) is 9.55. The van der Waals surface area contributed by atoms with Crippen LogP contribution in [-0.4, -0.2) is 10.1 Å². The van der Waals surface area contributed by atoms with Crippen LogP contribution < -0.4 is 11.1 Å². The molecule has 1 rings (SSSR count). The van der Waals surface area contributed by atoms with Crippen molar-refractivity contribution in [2.45, 2.75) is 13.5 Å². The van der Waals surface area contributed by atoms with Gasteiger partial charge in [0.25, 0.3) is 0 Å². The number of hydrogen-bond acceptors (Lipinski definition) is 3. The Labute approximate surface area is 69.8 Å². The minimum absolute atomic E-state index is 0.251. The Bertz CT molecular complexity index is 258. The molecule has 1 aromatic rings. The van der Waals surface area contributed by atoms with E-state index < -0.39 is 0 Å². The van der Waals surface area contributed by atoms with E-state index in [9.17, 15) is 0 Å². The first-order valence-corrected chi connectivity index (χ1v) is 3.54. The predicted octanol–water partition coefficient (Wildman–Crippen LogP) is 0.316. The Balaban J connectivity index is 2.45. The topological polar surface area (TPSA) is 64.1 Å². The van der Waals surface area contributed by atoms with E-state index >= 15 is 0 Å². The predicted molar refractivity (Wildman–Crippen MR) is 44.9 cm³/mol. The van der Waals surface area contributed by atoms with Crippen LogP contribution in [0.3, 0.4) is 0 Å². The first kappa shape index (κ1) is 8.00. The summed E-state index contributed by atoms with van der Waals surface area (Å²) in [6, 6.07) is 0. The summed E-state index contributed by atoms with van der Waals surface area (Å²) in [5.74, 6) is 1.38. The lowest BCUT2D eigenvalue weighted by molar-refractivity contribution is 0.466. The van der Waals surface area contributed by atoms with E-state index in [1.165, 1.54) is 0 Å². The highest BCUT2D eigenvalue weighted by atomic mass is 32.1. The van der Waals surface area contributed by atoms with Gasteiger partial charge in [-0.15, -0.1) is 0 Å². The molecule has 4 nitrogen and oxygen atoms in total. The van der Waals surface area contributed by atoms with Crippen molar-refractivity contribution in [3.05, 3.63) is 17.8 Å². The third-order valence-corrected chi connectivity index (χ3v) is 1.23. The van der Waals surface area contributed by atoms with Gasteiger partial charge in [0, 0.05) is 0 Å². The van der Waals surface area contributed by atoms with Crippen LogP contribution in [0.5, 0.6) is 0 Å². The molecular weight excluding hydrogens is 162 g/mol. The smallest absolute Gasteiger partial charge is 0.213 e. The van der Waals surface area contributed by atoms with Crippen LogP contribution in [0, 0.1) is 6.92 Å². The van der Waals surface area contributed by atoms with Gasteiger partial charge in [0.1, 0.15) is 5.76 Å². The van der Waals surface area contributed by atoms with Gasteiger partial charge in [-0.05, 0) is 19.1 Å². The summed E-state index contributed by atoms with van der Waals surface area (Å²) < 4.78 is 5.15. The van der Waals surface area contributed by atoms with Crippen molar-refractivity contribution < 1.29 is 4.42 Å². The second kappa shape index (κ2) is 3.34. The zero-order valence-electron chi connectivity index (χ0n) is 6.13. The number of nitrogens with one attached hydrogen (secondary N) is 1. The summed E-state index contributed by atoms with van der Waals surface area (Å²) in [5.41, 5.74) is 5.20. The molecule has 5 heteroatoms. The van der Waals surface area contributed by atoms with E-state index in [-0.39, 0.29) is 5.11 Å². The highest BCUT2D eigenvalue weighted by Crippen LogP contribution is 1.99. The van der Waals surface area contributed by atoms with Gasteiger partial charge >= 0.3 is 0 Å². The van der Waals surface area contributed by atoms with E-state index in [1.807, 2.05) is 6.92 Å². The molecule has 0 aromatic carbocycles. The highest BCUT2D eigenvalue weighted by molar-refractivity contribution is 7.80. The SMILES string of the molecule is Cc1cnc(CNC(N)=S)o1. The van der Waals surface area contributed by atoms with Gasteiger partial charge in [-0.3, -0.25) is 0 Å². The van der Waals surface area contributed by atoms with Crippen LogP contribution in [-0.2, 0) is 6.54 Å². The molecule has 0 atom stereocenters. The van der Waals surface area contributed by atoms with Gasteiger partial charge in [-0.25, -0.2) is 4.98 Å². The minimum Gasteiger partial charge on any atom is -0.444 e. The Morgan fingerprint density at radius 1 is 1.91 bits per heavy atom. The quantitative estimate of drug-likeness (QED) is 0.627. The molecule has 0 aliphatic rings. The molecule has 1 heterocycles. The molecule has 0 aliphatic carbocycles. The Kier molecular flexibility index (Phi) is 2.43. The molecule has 1 aromatic heterocycles. The van der Waals surface area contributed by atoms with Crippen LogP contribution in [0.15, 0.2) is 10.6 Å². The Morgan fingerprint density at radius 3 is 3.09 bits per heavy atom. The average Bonchev–Trinajstić information content (AvgIpc) is 2.31. The molecule has 0 fully saturated rings. The standard InChI is InChI=1S/C6H9N3OS/c1-4-2-8-5(10-4)3-9-6(7)11/h2H,3H2,1H3,(H3,7,9,11). The third-order valence-electron chi connectivity index (χ3n) is 1.08. The number of rotatable bonds is 2. The van der Waals surface area contributed by atoms with Crippen LogP contribution >= 0.6 is 12.2 Å². The number of nitrogens with zero attached hydrogens (tertiary/aromatic N) is 1. The molecule has 0 radical (unpaired) electrons. The zero-order valence-corrected chi connectivity index (χ0v) is 6.94. The van der Waals surface area contributed by atoms with E-state index in [0.29, 0.717) is 12.4 Å². The number of oxazole rings is 1. The molecule has 0 amide bonds. The van der Waals surface area contributed by atoms with Crippen molar-refractivity contribution in [1.29, 1.82) is 0 Å². The van der Waals surface area contributed by atoms with Gasteiger partial charge in [0.2, 0.25) is 5.89 Å². The Morgan fingerprint density at radius 2 is 2.64 bits per heavy atom. The third kappa shape index (κ3) is 2.55. The molecule has 60 valence electrons. The van der Waals surface area contributed by atoms with Gasteiger partial charge in [-0.2, -0.15) is 0 Å². The van der Waals surface area contributed by atoms with Crippen LogP contribution in [0.25, 0.3) is 0 Å². The molecule has 0 bridgehead atoms. The van der Waals surface area contributed by atoms with Crippen molar-refractivity contribution in [3.8, 4) is 0 Å². The van der Waals surface area contributed by atoms with E-state index in [4.69, 9.17) is 10.2 Å². The maximum atomic E-state index is 5.20. The summed E-state index contributed by atoms with van der Waals surface area (Å²) in [4.78, 5) is 3.94. The lowest BCUT2D eigenvalue weighted by Crippen LogP contribution is -2.28. The lowest BCUT2D eigenvalue weighted by Gasteiger charge is -1.97. The number of aromatic nitrogens is 1. The number of nitrogens with two attached hydrogens (primary N) is 1. The van der Waals surface area contributed by atoms with Crippen LogP contribution in [0.2, 0.25) is 0 Å². The lowest BCUT2D eigenvalue weighted by atomic mass is 10.6. The largest absolute Gasteiger partial charge is 0.444 e. The summed E-state index contributed by atoms with van der Waals surface area (Å²) in [6.07, 6.45) is 1.65. The fourth-order valence-corrected chi connectivity index (χ4v) is 0.718. The second-order valence-electron chi connectivity index (χ2n) is 2.08. The summed E-state index contributed by atoms with van der Waals surface area (Å²) >= 11 is 4.60. The summed E-state index contributed by atoms with van der Waals surface area (Å²) in [7, 11) is 0.